The smallest absolute Gasteiger partial charge is 0.0649 e. The van der Waals surface area contributed by atoms with E-state index < -0.39 is 0 Å². The topological polar surface area (TPSA) is 4.93 Å². The van der Waals surface area contributed by atoms with Crippen LogP contribution in [0.2, 0.25) is 5.02 Å². The van der Waals surface area contributed by atoms with Crippen LogP contribution in [0.1, 0.15) is 11.1 Å². The molecule has 0 aliphatic rings. The van der Waals surface area contributed by atoms with Gasteiger partial charge in [0.2, 0.25) is 0 Å². The molecule has 0 unspecified atom stereocenters. The summed E-state index contributed by atoms with van der Waals surface area (Å²) in [7, 11) is 0. The lowest BCUT2D eigenvalue weighted by Gasteiger charge is -2.08. The molecule has 0 radical (unpaired) electrons. The van der Waals surface area contributed by atoms with Crippen LogP contribution in [0, 0.1) is 13.8 Å². The number of aromatic nitrogens is 1. The van der Waals surface area contributed by atoms with Crippen LogP contribution in [0.5, 0.6) is 0 Å². The van der Waals surface area contributed by atoms with Gasteiger partial charge in [-0.3, -0.25) is 0 Å². The summed E-state index contributed by atoms with van der Waals surface area (Å²) in [6, 6.07) is 14.7. The maximum atomic E-state index is 6.33. The van der Waals surface area contributed by atoms with Crippen LogP contribution in [0.25, 0.3) is 16.6 Å². The van der Waals surface area contributed by atoms with Crippen molar-refractivity contribution in [3.63, 3.8) is 0 Å². The van der Waals surface area contributed by atoms with Crippen LogP contribution in [0.4, 0.5) is 0 Å². The molecule has 0 aliphatic heterocycles. The number of hydrogen-bond acceptors (Lipinski definition) is 0. The fourth-order valence-electron chi connectivity index (χ4n) is 2.28. The number of benzene rings is 2. The number of rotatable bonds is 1. The van der Waals surface area contributed by atoms with Crippen molar-refractivity contribution >= 4 is 22.5 Å². The van der Waals surface area contributed by atoms with Gasteiger partial charge in [-0.05, 0) is 49.7 Å². The van der Waals surface area contributed by atoms with E-state index in [1.807, 2.05) is 13.0 Å². The molecule has 0 aliphatic carbocycles. The number of aryl methyl sites for hydroxylation is 2. The first-order valence-corrected chi connectivity index (χ1v) is 6.37. The van der Waals surface area contributed by atoms with E-state index in [1.54, 1.807) is 0 Å². The molecule has 1 heterocycles. The van der Waals surface area contributed by atoms with Crippen molar-refractivity contribution in [1.82, 2.24) is 4.57 Å². The van der Waals surface area contributed by atoms with E-state index in [0.29, 0.717) is 0 Å². The Morgan fingerprint density at radius 1 is 0.889 bits per heavy atom. The van der Waals surface area contributed by atoms with E-state index >= 15 is 0 Å². The Balaban J connectivity index is 2.25. The lowest BCUT2D eigenvalue weighted by Crippen LogP contribution is -1.93. The third-order valence-electron chi connectivity index (χ3n) is 3.21. The van der Waals surface area contributed by atoms with Crippen molar-refractivity contribution in [2.75, 3.05) is 0 Å². The highest BCUT2D eigenvalue weighted by Gasteiger charge is 2.06. The summed E-state index contributed by atoms with van der Waals surface area (Å²) in [5.74, 6) is 0. The number of hydrogen-bond donors (Lipinski definition) is 0. The van der Waals surface area contributed by atoms with Gasteiger partial charge in [-0.25, -0.2) is 0 Å². The summed E-state index contributed by atoms with van der Waals surface area (Å²) < 4.78 is 2.14. The first kappa shape index (κ1) is 11.4. The molecule has 0 bridgehead atoms. The van der Waals surface area contributed by atoms with Gasteiger partial charge >= 0.3 is 0 Å². The highest BCUT2D eigenvalue weighted by atomic mass is 35.5. The van der Waals surface area contributed by atoms with Crippen molar-refractivity contribution in [3.05, 3.63) is 64.8 Å². The predicted molar refractivity (Wildman–Crippen MR) is 77.8 cm³/mol. The Kier molecular flexibility index (Phi) is 2.64. The van der Waals surface area contributed by atoms with Crippen molar-refractivity contribution in [2.45, 2.75) is 13.8 Å². The van der Waals surface area contributed by atoms with Crippen molar-refractivity contribution < 1.29 is 0 Å². The number of halogens is 1. The van der Waals surface area contributed by atoms with Gasteiger partial charge in [-0.1, -0.05) is 29.3 Å². The lowest BCUT2D eigenvalue weighted by atomic mass is 10.2. The third-order valence-corrected chi connectivity index (χ3v) is 3.51. The number of nitrogens with zero attached hydrogens (tertiary/aromatic N) is 1. The summed E-state index contributed by atoms with van der Waals surface area (Å²) in [5.41, 5.74) is 4.67. The molecule has 1 aromatic heterocycles. The SMILES string of the molecule is Cc1ccc(-n2ccc3cc(C)ccc32)c(Cl)c1. The zero-order valence-electron chi connectivity index (χ0n) is 10.4. The first-order chi connectivity index (χ1) is 8.65. The second-order valence-electron chi connectivity index (χ2n) is 4.70. The zero-order valence-corrected chi connectivity index (χ0v) is 11.2. The third kappa shape index (κ3) is 1.81. The molecule has 3 aromatic rings. The van der Waals surface area contributed by atoms with Crippen LogP contribution in [-0.2, 0) is 0 Å². The van der Waals surface area contributed by atoms with Crippen LogP contribution >= 0.6 is 11.6 Å². The monoisotopic (exact) mass is 255 g/mol. The van der Waals surface area contributed by atoms with Gasteiger partial charge in [0.15, 0.2) is 0 Å². The van der Waals surface area contributed by atoms with Gasteiger partial charge in [0.25, 0.3) is 0 Å². The molecule has 0 amide bonds. The van der Waals surface area contributed by atoms with E-state index in [2.05, 4.69) is 54.1 Å². The summed E-state index contributed by atoms with van der Waals surface area (Å²) in [6.45, 7) is 4.16. The first-order valence-electron chi connectivity index (χ1n) is 5.99. The summed E-state index contributed by atoms with van der Waals surface area (Å²) in [4.78, 5) is 0. The Hall–Kier alpha value is -1.73. The summed E-state index contributed by atoms with van der Waals surface area (Å²) in [5, 5.41) is 2.03. The maximum absolute atomic E-state index is 6.33. The van der Waals surface area contributed by atoms with Gasteiger partial charge < -0.3 is 4.57 Å². The Morgan fingerprint density at radius 3 is 2.39 bits per heavy atom. The highest BCUT2D eigenvalue weighted by Crippen LogP contribution is 2.27. The number of fused-ring (bicyclic) bond motifs is 1. The van der Waals surface area contributed by atoms with E-state index in [0.717, 1.165) is 10.7 Å². The molecular weight excluding hydrogens is 242 g/mol. The van der Waals surface area contributed by atoms with Crippen LogP contribution < -0.4 is 0 Å². The standard InChI is InChI=1S/C16H14ClN/c1-11-3-5-15-13(9-11)7-8-18(15)16-6-4-12(2)10-14(16)17/h3-10H,1-2H3. The van der Waals surface area contributed by atoms with Crippen LogP contribution in [-0.4, -0.2) is 4.57 Å². The summed E-state index contributed by atoms with van der Waals surface area (Å²) >= 11 is 6.33. The van der Waals surface area contributed by atoms with Gasteiger partial charge in [0, 0.05) is 11.6 Å². The lowest BCUT2D eigenvalue weighted by molar-refractivity contribution is 1.12. The van der Waals surface area contributed by atoms with Crippen molar-refractivity contribution in [1.29, 1.82) is 0 Å². The molecule has 1 nitrogen and oxygen atoms in total. The van der Waals surface area contributed by atoms with E-state index in [4.69, 9.17) is 11.6 Å². The molecule has 0 saturated carbocycles. The molecule has 0 fully saturated rings. The van der Waals surface area contributed by atoms with Gasteiger partial charge in [-0.15, -0.1) is 0 Å². The van der Waals surface area contributed by atoms with Crippen molar-refractivity contribution in [3.8, 4) is 5.69 Å². The molecule has 0 saturated heterocycles. The van der Waals surface area contributed by atoms with Crippen LogP contribution in [0.3, 0.4) is 0 Å². The molecule has 90 valence electrons. The minimum absolute atomic E-state index is 0.785. The molecule has 18 heavy (non-hydrogen) atoms. The molecule has 0 atom stereocenters. The Morgan fingerprint density at radius 2 is 1.61 bits per heavy atom. The molecule has 0 N–H and O–H groups in total. The molecule has 2 heteroatoms. The maximum Gasteiger partial charge on any atom is 0.0649 e. The molecule has 2 aromatic carbocycles. The fraction of sp³-hybridized carbons (Fsp3) is 0.125. The molecule has 0 spiro atoms. The predicted octanol–water partition coefficient (Wildman–Crippen LogP) is 4.90. The normalized spacial score (nSPS) is 11.1. The van der Waals surface area contributed by atoms with Crippen LogP contribution in [0.15, 0.2) is 48.7 Å². The molecule has 3 rings (SSSR count). The van der Waals surface area contributed by atoms with Gasteiger partial charge in [0.05, 0.1) is 16.2 Å². The minimum atomic E-state index is 0.785. The Bertz CT molecular complexity index is 725. The summed E-state index contributed by atoms with van der Waals surface area (Å²) in [6.07, 6.45) is 2.07. The zero-order chi connectivity index (χ0) is 12.7. The Labute approximate surface area is 112 Å². The highest BCUT2D eigenvalue weighted by molar-refractivity contribution is 6.32. The van der Waals surface area contributed by atoms with Gasteiger partial charge in [-0.2, -0.15) is 0 Å². The second-order valence-corrected chi connectivity index (χ2v) is 5.11. The van der Waals surface area contributed by atoms with Crippen molar-refractivity contribution in [2.24, 2.45) is 0 Å². The van der Waals surface area contributed by atoms with E-state index in [9.17, 15) is 0 Å². The second kappa shape index (κ2) is 4.18. The fourth-order valence-corrected chi connectivity index (χ4v) is 2.61. The largest absolute Gasteiger partial charge is 0.315 e. The average molecular weight is 256 g/mol. The van der Waals surface area contributed by atoms with E-state index in [-0.39, 0.29) is 0 Å². The minimum Gasteiger partial charge on any atom is -0.315 e. The quantitative estimate of drug-likeness (QED) is 0.583. The van der Waals surface area contributed by atoms with E-state index in [1.165, 1.54) is 22.0 Å². The van der Waals surface area contributed by atoms with Gasteiger partial charge in [0.1, 0.15) is 0 Å². The molecular formula is C16H14ClN. The average Bonchev–Trinajstić information content (AvgIpc) is 2.72.